The van der Waals surface area contributed by atoms with E-state index in [2.05, 4.69) is 38.1 Å². The number of thiazole rings is 1. The van der Waals surface area contributed by atoms with E-state index < -0.39 is 0 Å². The Morgan fingerprint density at radius 2 is 1.89 bits per heavy atom. The summed E-state index contributed by atoms with van der Waals surface area (Å²) in [6.07, 6.45) is 3.22. The van der Waals surface area contributed by atoms with Crippen LogP contribution in [0.15, 0.2) is 24.3 Å². The second-order valence-electron chi connectivity index (χ2n) is 4.39. The summed E-state index contributed by atoms with van der Waals surface area (Å²) in [4.78, 5) is 5.96. The first kappa shape index (κ1) is 13.2. The van der Waals surface area contributed by atoms with Gasteiger partial charge in [0.1, 0.15) is 5.01 Å². The van der Waals surface area contributed by atoms with E-state index in [-0.39, 0.29) is 0 Å². The molecule has 0 saturated carbocycles. The molecule has 0 aliphatic heterocycles. The van der Waals surface area contributed by atoms with E-state index in [0.717, 1.165) is 24.3 Å². The Morgan fingerprint density at radius 3 is 2.44 bits per heavy atom. The fraction of sp³-hybridized carbons (Fsp3) is 0.400. The van der Waals surface area contributed by atoms with Crippen molar-refractivity contribution in [1.29, 1.82) is 0 Å². The van der Waals surface area contributed by atoms with Crippen LogP contribution >= 0.6 is 11.3 Å². The number of benzene rings is 1. The highest BCUT2D eigenvalue weighted by Gasteiger charge is 2.10. The number of aromatic nitrogens is 1. The Balaban J connectivity index is 2.31. The maximum Gasteiger partial charge on any atom is 0.123 e. The Kier molecular flexibility index (Phi) is 4.50. The number of nitrogens with zero attached hydrogens (tertiary/aromatic N) is 1. The fourth-order valence-electron chi connectivity index (χ4n) is 1.98. The summed E-state index contributed by atoms with van der Waals surface area (Å²) in [7, 11) is 0. The number of hydrogen-bond acceptors (Lipinski definition) is 3. The van der Waals surface area contributed by atoms with Gasteiger partial charge in [0, 0.05) is 17.0 Å². The average Bonchev–Trinajstić information content (AvgIpc) is 2.82. The molecule has 0 aliphatic rings. The zero-order valence-corrected chi connectivity index (χ0v) is 11.9. The lowest BCUT2D eigenvalue weighted by Gasteiger charge is -1.98. The molecule has 0 amide bonds. The molecular formula is C15H20N2S. The van der Waals surface area contributed by atoms with Crippen molar-refractivity contribution < 1.29 is 0 Å². The van der Waals surface area contributed by atoms with Crippen molar-refractivity contribution in [1.82, 2.24) is 4.98 Å². The molecule has 2 N–H and O–H groups in total. The first-order chi connectivity index (χ1) is 8.78. The van der Waals surface area contributed by atoms with Crippen LogP contribution in [0.25, 0.3) is 10.6 Å². The zero-order chi connectivity index (χ0) is 13.0. The van der Waals surface area contributed by atoms with Crippen LogP contribution in [0, 0.1) is 0 Å². The van der Waals surface area contributed by atoms with Crippen molar-refractivity contribution in [2.75, 3.05) is 0 Å². The lowest BCUT2D eigenvalue weighted by Crippen LogP contribution is -1.97. The number of hydrogen-bond donors (Lipinski definition) is 1. The Morgan fingerprint density at radius 1 is 1.17 bits per heavy atom. The maximum atomic E-state index is 5.79. The second-order valence-corrected chi connectivity index (χ2v) is 5.48. The molecule has 2 nitrogen and oxygen atoms in total. The number of nitrogens with two attached hydrogens (primary N) is 1. The van der Waals surface area contributed by atoms with Gasteiger partial charge in [-0.3, -0.25) is 0 Å². The molecule has 18 heavy (non-hydrogen) atoms. The van der Waals surface area contributed by atoms with Crippen molar-refractivity contribution in [3.63, 3.8) is 0 Å². The zero-order valence-electron chi connectivity index (χ0n) is 11.1. The highest BCUT2D eigenvalue weighted by Crippen LogP contribution is 2.28. The van der Waals surface area contributed by atoms with E-state index in [9.17, 15) is 0 Å². The van der Waals surface area contributed by atoms with Crippen LogP contribution in [0.1, 0.15) is 36.4 Å². The van der Waals surface area contributed by atoms with Crippen LogP contribution in [0.3, 0.4) is 0 Å². The van der Waals surface area contributed by atoms with Gasteiger partial charge in [-0.2, -0.15) is 0 Å². The second kappa shape index (κ2) is 6.12. The minimum Gasteiger partial charge on any atom is -0.326 e. The predicted molar refractivity (Wildman–Crippen MR) is 78.8 cm³/mol. The van der Waals surface area contributed by atoms with E-state index in [1.807, 2.05) is 0 Å². The topological polar surface area (TPSA) is 38.9 Å². The lowest BCUT2D eigenvalue weighted by atomic mass is 10.1. The minimum atomic E-state index is 0.597. The van der Waals surface area contributed by atoms with Crippen LogP contribution in [-0.4, -0.2) is 4.98 Å². The van der Waals surface area contributed by atoms with Gasteiger partial charge in [-0.1, -0.05) is 44.5 Å². The third-order valence-electron chi connectivity index (χ3n) is 3.06. The quantitative estimate of drug-likeness (QED) is 0.888. The molecule has 3 heteroatoms. The molecule has 0 atom stereocenters. The SMILES string of the molecule is CCCc1nc(-c2ccc(CC)cc2)sc1CN. The first-order valence-electron chi connectivity index (χ1n) is 6.56. The maximum absolute atomic E-state index is 5.79. The van der Waals surface area contributed by atoms with Crippen LogP contribution in [0.2, 0.25) is 0 Å². The molecule has 0 spiro atoms. The third kappa shape index (κ3) is 2.79. The largest absolute Gasteiger partial charge is 0.326 e. The molecule has 0 radical (unpaired) electrons. The molecule has 0 bridgehead atoms. The first-order valence-corrected chi connectivity index (χ1v) is 7.38. The van der Waals surface area contributed by atoms with Crippen LogP contribution in [0.4, 0.5) is 0 Å². The summed E-state index contributed by atoms with van der Waals surface area (Å²) >= 11 is 1.73. The smallest absolute Gasteiger partial charge is 0.123 e. The monoisotopic (exact) mass is 260 g/mol. The molecule has 0 saturated heterocycles. The van der Waals surface area contributed by atoms with Gasteiger partial charge in [-0.05, 0) is 18.4 Å². The Bertz CT molecular complexity index is 500. The van der Waals surface area contributed by atoms with Gasteiger partial charge in [0.25, 0.3) is 0 Å². The van der Waals surface area contributed by atoms with E-state index >= 15 is 0 Å². The molecule has 96 valence electrons. The fourth-order valence-corrected chi connectivity index (χ4v) is 2.97. The summed E-state index contributed by atoms with van der Waals surface area (Å²) in [5.74, 6) is 0. The summed E-state index contributed by atoms with van der Waals surface area (Å²) in [5, 5.41) is 1.10. The van der Waals surface area contributed by atoms with E-state index in [4.69, 9.17) is 10.7 Å². The van der Waals surface area contributed by atoms with Gasteiger partial charge in [0.15, 0.2) is 0 Å². The van der Waals surface area contributed by atoms with Crippen LogP contribution in [-0.2, 0) is 19.4 Å². The summed E-state index contributed by atoms with van der Waals surface area (Å²) < 4.78 is 0. The van der Waals surface area contributed by atoms with Crippen molar-refractivity contribution >= 4 is 11.3 Å². The highest BCUT2D eigenvalue weighted by atomic mass is 32.1. The summed E-state index contributed by atoms with van der Waals surface area (Å²) in [6, 6.07) is 8.68. The van der Waals surface area contributed by atoms with Gasteiger partial charge >= 0.3 is 0 Å². The number of aryl methyl sites for hydroxylation is 2. The van der Waals surface area contributed by atoms with Gasteiger partial charge in [-0.25, -0.2) is 4.98 Å². The van der Waals surface area contributed by atoms with Gasteiger partial charge < -0.3 is 5.73 Å². The van der Waals surface area contributed by atoms with Crippen molar-refractivity contribution in [3.8, 4) is 10.6 Å². The van der Waals surface area contributed by atoms with E-state index in [0.29, 0.717) is 6.54 Å². The van der Waals surface area contributed by atoms with Crippen LogP contribution in [0.5, 0.6) is 0 Å². The Hall–Kier alpha value is -1.19. The van der Waals surface area contributed by atoms with Gasteiger partial charge in [0.05, 0.1) is 5.69 Å². The van der Waals surface area contributed by atoms with Crippen molar-refractivity contribution in [2.24, 2.45) is 5.73 Å². The molecule has 0 aliphatic carbocycles. The predicted octanol–water partition coefficient (Wildman–Crippen LogP) is 3.78. The highest BCUT2D eigenvalue weighted by molar-refractivity contribution is 7.15. The normalized spacial score (nSPS) is 10.8. The number of rotatable bonds is 5. The molecule has 2 aromatic rings. The molecule has 2 rings (SSSR count). The standard InChI is InChI=1S/C15H20N2S/c1-3-5-13-14(10-16)18-15(17-13)12-8-6-11(4-2)7-9-12/h6-9H,3-5,10,16H2,1-2H3. The Labute approximate surface area is 113 Å². The molecule has 1 heterocycles. The summed E-state index contributed by atoms with van der Waals surface area (Å²) in [6.45, 7) is 4.94. The lowest BCUT2D eigenvalue weighted by molar-refractivity contribution is 0.872. The third-order valence-corrected chi connectivity index (χ3v) is 4.23. The van der Waals surface area contributed by atoms with E-state index in [1.165, 1.54) is 21.7 Å². The average molecular weight is 260 g/mol. The summed E-state index contributed by atoms with van der Waals surface area (Å²) in [5.41, 5.74) is 9.54. The van der Waals surface area contributed by atoms with Crippen LogP contribution < -0.4 is 5.73 Å². The van der Waals surface area contributed by atoms with Gasteiger partial charge in [0.2, 0.25) is 0 Å². The van der Waals surface area contributed by atoms with Crippen molar-refractivity contribution in [3.05, 3.63) is 40.4 Å². The van der Waals surface area contributed by atoms with Crippen molar-refractivity contribution in [2.45, 2.75) is 39.7 Å². The minimum absolute atomic E-state index is 0.597. The van der Waals surface area contributed by atoms with Gasteiger partial charge in [-0.15, -0.1) is 11.3 Å². The molecular weight excluding hydrogens is 240 g/mol. The molecule has 0 unspecified atom stereocenters. The molecule has 0 fully saturated rings. The molecule has 1 aromatic carbocycles. The van der Waals surface area contributed by atoms with E-state index in [1.54, 1.807) is 11.3 Å². The molecule has 1 aromatic heterocycles.